The monoisotopic (exact) mass is 195 g/mol. The molecule has 0 aliphatic carbocycles. The zero-order chi connectivity index (χ0) is 10.4. The summed E-state index contributed by atoms with van der Waals surface area (Å²) in [6.07, 6.45) is -0.315. The van der Waals surface area contributed by atoms with Crippen molar-refractivity contribution in [1.29, 1.82) is 0 Å². The normalized spacial score (nSPS) is 12.5. The van der Waals surface area contributed by atoms with Crippen molar-refractivity contribution in [2.24, 2.45) is 0 Å². The third-order valence-electron chi connectivity index (χ3n) is 1.95. The highest BCUT2D eigenvalue weighted by Gasteiger charge is 2.01. The fourth-order valence-electron chi connectivity index (χ4n) is 1.26. The van der Waals surface area contributed by atoms with Crippen LogP contribution < -0.4 is 10.1 Å². The molecule has 2 N–H and O–H groups in total. The first-order valence-corrected chi connectivity index (χ1v) is 4.74. The van der Waals surface area contributed by atoms with Crippen molar-refractivity contribution in [3.63, 3.8) is 0 Å². The summed E-state index contributed by atoms with van der Waals surface area (Å²) in [6.45, 7) is 3.07. The van der Waals surface area contributed by atoms with Crippen LogP contribution in [0.2, 0.25) is 0 Å². The Morgan fingerprint density at radius 3 is 2.79 bits per heavy atom. The molecular weight excluding hydrogens is 178 g/mol. The minimum absolute atomic E-state index is 0.315. The van der Waals surface area contributed by atoms with Crippen LogP contribution in [0.3, 0.4) is 0 Å². The molecule has 0 aliphatic heterocycles. The number of para-hydroxylation sites is 1. The SMILES string of the molecule is COc1ccccc1CNCC(C)O. The number of aliphatic hydroxyl groups is 1. The predicted molar refractivity (Wildman–Crippen MR) is 56.4 cm³/mol. The highest BCUT2D eigenvalue weighted by Crippen LogP contribution is 2.16. The molecule has 0 bridgehead atoms. The second kappa shape index (κ2) is 5.62. The minimum Gasteiger partial charge on any atom is -0.496 e. The van der Waals surface area contributed by atoms with Gasteiger partial charge in [-0.1, -0.05) is 18.2 Å². The van der Waals surface area contributed by atoms with Gasteiger partial charge in [-0.2, -0.15) is 0 Å². The molecule has 0 fully saturated rings. The van der Waals surface area contributed by atoms with Crippen molar-refractivity contribution < 1.29 is 9.84 Å². The van der Waals surface area contributed by atoms with E-state index in [4.69, 9.17) is 9.84 Å². The largest absolute Gasteiger partial charge is 0.496 e. The van der Waals surface area contributed by atoms with E-state index in [1.165, 1.54) is 0 Å². The number of hydrogen-bond donors (Lipinski definition) is 2. The van der Waals surface area contributed by atoms with Gasteiger partial charge in [0.1, 0.15) is 5.75 Å². The van der Waals surface area contributed by atoms with Gasteiger partial charge < -0.3 is 15.2 Å². The Morgan fingerprint density at radius 2 is 2.14 bits per heavy atom. The van der Waals surface area contributed by atoms with E-state index in [-0.39, 0.29) is 6.10 Å². The van der Waals surface area contributed by atoms with E-state index in [2.05, 4.69) is 5.32 Å². The van der Waals surface area contributed by atoms with Crippen LogP contribution in [-0.2, 0) is 6.54 Å². The lowest BCUT2D eigenvalue weighted by Crippen LogP contribution is -2.24. The smallest absolute Gasteiger partial charge is 0.123 e. The van der Waals surface area contributed by atoms with Crippen LogP contribution in [0.4, 0.5) is 0 Å². The molecule has 1 rings (SSSR count). The van der Waals surface area contributed by atoms with Crippen LogP contribution in [0.1, 0.15) is 12.5 Å². The zero-order valence-corrected chi connectivity index (χ0v) is 8.66. The predicted octanol–water partition coefficient (Wildman–Crippen LogP) is 1.17. The molecule has 0 amide bonds. The van der Waals surface area contributed by atoms with E-state index < -0.39 is 0 Å². The maximum Gasteiger partial charge on any atom is 0.123 e. The van der Waals surface area contributed by atoms with Crippen molar-refractivity contribution in [1.82, 2.24) is 5.32 Å². The van der Waals surface area contributed by atoms with Crippen LogP contribution >= 0.6 is 0 Å². The molecule has 1 unspecified atom stereocenters. The number of hydrogen-bond acceptors (Lipinski definition) is 3. The molecule has 0 saturated heterocycles. The fourth-order valence-corrected chi connectivity index (χ4v) is 1.26. The molecular formula is C11H17NO2. The van der Waals surface area contributed by atoms with E-state index >= 15 is 0 Å². The molecule has 3 nitrogen and oxygen atoms in total. The molecule has 1 atom stereocenters. The number of ether oxygens (including phenoxy) is 1. The van der Waals surface area contributed by atoms with Crippen LogP contribution in [0.25, 0.3) is 0 Å². The van der Waals surface area contributed by atoms with Gasteiger partial charge in [0.15, 0.2) is 0 Å². The Labute approximate surface area is 84.7 Å². The van der Waals surface area contributed by atoms with E-state index in [1.807, 2.05) is 24.3 Å². The summed E-state index contributed by atoms with van der Waals surface area (Å²) >= 11 is 0. The van der Waals surface area contributed by atoms with Crippen LogP contribution in [0.15, 0.2) is 24.3 Å². The van der Waals surface area contributed by atoms with Gasteiger partial charge in [0.05, 0.1) is 13.2 Å². The standard InChI is InChI=1S/C11H17NO2/c1-9(13)7-12-8-10-5-3-4-6-11(10)14-2/h3-6,9,12-13H,7-8H2,1-2H3. The van der Waals surface area contributed by atoms with Gasteiger partial charge in [-0.05, 0) is 13.0 Å². The fraction of sp³-hybridized carbons (Fsp3) is 0.455. The topological polar surface area (TPSA) is 41.5 Å². The van der Waals surface area contributed by atoms with Gasteiger partial charge in [-0.25, -0.2) is 0 Å². The molecule has 0 aliphatic rings. The second-order valence-corrected chi connectivity index (χ2v) is 3.29. The van der Waals surface area contributed by atoms with Gasteiger partial charge in [-0.15, -0.1) is 0 Å². The highest BCUT2D eigenvalue weighted by atomic mass is 16.5. The van der Waals surface area contributed by atoms with Gasteiger partial charge in [0, 0.05) is 18.7 Å². The summed E-state index contributed by atoms with van der Waals surface area (Å²) < 4.78 is 5.20. The first-order chi connectivity index (χ1) is 6.74. The molecule has 3 heteroatoms. The third kappa shape index (κ3) is 3.36. The maximum absolute atomic E-state index is 9.06. The highest BCUT2D eigenvalue weighted by molar-refractivity contribution is 5.32. The van der Waals surface area contributed by atoms with E-state index in [0.29, 0.717) is 6.54 Å². The molecule has 1 aromatic carbocycles. The van der Waals surface area contributed by atoms with Crippen molar-refractivity contribution in [3.8, 4) is 5.75 Å². The minimum atomic E-state index is -0.315. The number of benzene rings is 1. The first kappa shape index (κ1) is 11.0. The molecule has 0 saturated carbocycles. The molecule has 0 aromatic heterocycles. The lowest BCUT2D eigenvalue weighted by molar-refractivity contribution is 0.191. The van der Waals surface area contributed by atoms with Crippen molar-refractivity contribution in [2.75, 3.05) is 13.7 Å². The van der Waals surface area contributed by atoms with E-state index in [0.717, 1.165) is 17.9 Å². The molecule has 14 heavy (non-hydrogen) atoms. The Bertz CT molecular complexity index is 274. The molecule has 0 heterocycles. The maximum atomic E-state index is 9.06. The first-order valence-electron chi connectivity index (χ1n) is 4.74. The number of aliphatic hydroxyl groups excluding tert-OH is 1. The molecule has 1 aromatic rings. The molecule has 0 spiro atoms. The Morgan fingerprint density at radius 1 is 1.43 bits per heavy atom. The van der Waals surface area contributed by atoms with Gasteiger partial charge in [0.2, 0.25) is 0 Å². The molecule has 0 radical (unpaired) electrons. The van der Waals surface area contributed by atoms with Gasteiger partial charge in [0.25, 0.3) is 0 Å². The second-order valence-electron chi connectivity index (χ2n) is 3.29. The summed E-state index contributed by atoms with van der Waals surface area (Å²) in [7, 11) is 1.66. The van der Waals surface area contributed by atoms with E-state index in [9.17, 15) is 0 Å². The lowest BCUT2D eigenvalue weighted by atomic mass is 10.2. The van der Waals surface area contributed by atoms with Crippen molar-refractivity contribution in [2.45, 2.75) is 19.6 Å². The van der Waals surface area contributed by atoms with Crippen molar-refractivity contribution >= 4 is 0 Å². The summed E-state index contributed by atoms with van der Waals surface area (Å²) in [5.74, 6) is 0.880. The Balaban J connectivity index is 2.49. The van der Waals surface area contributed by atoms with E-state index in [1.54, 1.807) is 14.0 Å². The Hall–Kier alpha value is -1.06. The van der Waals surface area contributed by atoms with Crippen molar-refractivity contribution in [3.05, 3.63) is 29.8 Å². The van der Waals surface area contributed by atoms with Crippen LogP contribution in [0, 0.1) is 0 Å². The average molecular weight is 195 g/mol. The van der Waals surface area contributed by atoms with Gasteiger partial charge in [-0.3, -0.25) is 0 Å². The summed E-state index contributed by atoms with van der Waals surface area (Å²) in [6, 6.07) is 7.85. The summed E-state index contributed by atoms with van der Waals surface area (Å²) in [5.41, 5.74) is 1.11. The lowest BCUT2D eigenvalue weighted by Gasteiger charge is -2.10. The number of rotatable bonds is 5. The zero-order valence-electron chi connectivity index (χ0n) is 8.66. The summed E-state index contributed by atoms with van der Waals surface area (Å²) in [4.78, 5) is 0. The third-order valence-corrected chi connectivity index (χ3v) is 1.95. The number of methoxy groups -OCH3 is 1. The number of nitrogens with one attached hydrogen (secondary N) is 1. The van der Waals surface area contributed by atoms with Crippen LogP contribution in [-0.4, -0.2) is 24.9 Å². The summed E-state index contributed by atoms with van der Waals surface area (Å²) in [5, 5.41) is 12.2. The quantitative estimate of drug-likeness (QED) is 0.741. The van der Waals surface area contributed by atoms with Gasteiger partial charge >= 0.3 is 0 Å². The average Bonchev–Trinajstić information content (AvgIpc) is 2.18. The van der Waals surface area contributed by atoms with Crippen LogP contribution in [0.5, 0.6) is 5.75 Å². The molecule has 78 valence electrons. The Kier molecular flexibility index (Phi) is 4.43.